The second-order valence-corrected chi connectivity index (χ2v) is 10.2. The summed E-state index contributed by atoms with van der Waals surface area (Å²) in [5.74, 6) is 1.16. The van der Waals surface area contributed by atoms with Gasteiger partial charge in [0.15, 0.2) is 11.5 Å². The Morgan fingerprint density at radius 1 is 0.861 bits per heavy atom. The van der Waals surface area contributed by atoms with E-state index < -0.39 is 6.04 Å². The molecule has 3 aliphatic rings. The second-order valence-electron chi connectivity index (χ2n) is 10.2. The maximum atomic E-state index is 14.4. The van der Waals surface area contributed by atoms with Crippen LogP contribution in [0.1, 0.15) is 82.1 Å². The quantitative estimate of drug-likeness (QED) is 0.352. The lowest BCUT2D eigenvalue weighted by atomic mass is 9.75. The van der Waals surface area contributed by atoms with E-state index in [0.717, 1.165) is 63.4 Å². The highest BCUT2D eigenvalue weighted by atomic mass is 16.5. The third kappa shape index (κ3) is 5.81. The summed E-state index contributed by atoms with van der Waals surface area (Å²) >= 11 is 0. The lowest BCUT2D eigenvalue weighted by Crippen LogP contribution is -2.51. The third-order valence-electron chi connectivity index (χ3n) is 7.97. The fourth-order valence-corrected chi connectivity index (χ4v) is 6.09. The largest absolute Gasteiger partial charge is 0.493 e. The molecule has 0 radical (unpaired) electrons. The van der Waals surface area contributed by atoms with Crippen molar-refractivity contribution in [1.82, 2.24) is 4.90 Å². The average molecular weight is 500 g/mol. The minimum atomic E-state index is -0.533. The second kappa shape index (κ2) is 12.5. The van der Waals surface area contributed by atoms with Gasteiger partial charge in [0.2, 0.25) is 11.7 Å². The van der Waals surface area contributed by atoms with Crippen molar-refractivity contribution in [3.8, 4) is 17.2 Å². The number of piperidine rings is 1. The molecule has 3 atom stereocenters. The van der Waals surface area contributed by atoms with Crippen molar-refractivity contribution >= 4 is 11.9 Å². The number of carbonyl (C=O) groups excluding carboxylic acids is 2. The van der Waals surface area contributed by atoms with Crippen LogP contribution in [0.3, 0.4) is 0 Å². The smallest absolute Gasteiger partial charge is 0.329 e. The number of hydrogen-bond donors (Lipinski definition) is 0. The topological polar surface area (TPSA) is 74.3 Å². The van der Waals surface area contributed by atoms with E-state index in [4.69, 9.17) is 18.9 Å². The lowest BCUT2D eigenvalue weighted by Gasteiger charge is -2.39. The van der Waals surface area contributed by atoms with Crippen LogP contribution in [0.25, 0.3) is 0 Å². The SMILES string of the molecule is COc1cc(C(C(=O)N2CCCCC2C(=O)OC2C=CCCC2)C2CCCCC2)cc(OC)c1OC. The molecule has 0 aromatic heterocycles. The van der Waals surface area contributed by atoms with Crippen LogP contribution in [0.2, 0.25) is 0 Å². The van der Waals surface area contributed by atoms with Crippen LogP contribution in [0.5, 0.6) is 17.2 Å². The summed E-state index contributed by atoms with van der Waals surface area (Å²) in [6, 6.07) is 3.28. The molecule has 1 saturated heterocycles. The first-order valence-electron chi connectivity index (χ1n) is 13.5. The first-order valence-corrected chi connectivity index (χ1v) is 13.5. The molecule has 198 valence electrons. The van der Waals surface area contributed by atoms with Crippen molar-refractivity contribution < 1.29 is 28.5 Å². The number of benzene rings is 1. The van der Waals surface area contributed by atoms with Crippen molar-refractivity contribution in [1.29, 1.82) is 0 Å². The van der Waals surface area contributed by atoms with Gasteiger partial charge in [-0.3, -0.25) is 4.79 Å². The van der Waals surface area contributed by atoms with E-state index in [9.17, 15) is 9.59 Å². The summed E-state index contributed by atoms with van der Waals surface area (Å²) in [4.78, 5) is 29.5. The van der Waals surface area contributed by atoms with Crippen LogP contribution in [-0.4, -0.2) is 56.8 Å². The van der Waals surface area contributed by atoms with Crippen LogP contribution in [-0.2, 0) is 14.3 Å². The summed E-state index contributed by atoms with van der Waals surface area (Å²) in [5.41, 5.74) is 0.856. The number of esters is 1. The standard InChI is InChI=1S/C29H41NO6/c1-33-24-18-21(19-25(34-2)27(24)35-3)26(20-12-6-4-7-13-20)28(31)30-17-11-10-16-23(30)29(32)36-22-14-8-5-9-15-22/h8,14,18-20,22-23,26H,4-7,9-13,15-17H2,1-3H3. The number of hydrogen-bond acceptors (Lipinski definition) is 6. The van der Waals surface area contributed by atoms with Gasteiger partial charge in [-0.1, -0.05) is 25.3 Å². The van der Waals surface area contributed by atoms with Crippen molar-refractivity contribution in [2.45, 2.75) is 88.7 Å². The molecule has 2 aliphatic carbocycles. The maximum absolute atomic E-state index is 14.4. The molecule has 1 amide bonds. The van der Waals surface area contributed by atoms with E-state index in [1.807, 2.05) is 18.2 Å². The molecule has 36 heavy (non-hydrogen) atoms. The zero-order valence-electron chi connectivity index (χ0n) is 22.0. The van der Waals surface area contributed by atoms with E-state index in [2.05, 4.69) is 6.08 Å². The van der Waals surface area contributed by atoms with Gasteiger partial charge in [0, 0.05) is 6.54 Å². The Bertz CT molecular complexity index is 913. The van der Waals surface area contributed by atoms with Crippen LogP contribution in [0.4, 0.5) is 0 Å². The van der Waals surface area contributed by atoms with Crippen LogP contribution in [0.15, 0.2) is 24.3 Å². The minimum Gasteiger partial charge on any atom is -0.493 e. The average Bonchev–Trinajstić information content (AvgIpc) is 2.93. The van der Waals surface area contributed by atoms with E-state index in [1.165, 1.54) is 6.42 Å². The van der Waals surface area contributed by atoms with Gasteiger partial charge in [-0.25, -0.2) is 4.79 Å². The first-order chi connectivity index (χ1) is 17.6. The van der Waals surface area contributed by atoms with Gasteiger partial charge in [-0.2, -0.15) is 0 Å². The van der Waals surface area contributed by atoms with E-state index in [1.54, 1.807) is 26.2 Å². The van der Waals surface area contributed by atoms with Gasteiger partial charge in [-0.05, 0) is 81.1 Å². The zero-order valence-corrected chi connectivity index (χ0v) is 22.0. The number of likely N-dealkylation sites (tertiary alicyclic amines) is 1. The predicted molar refractivity (Wildman–Crippen MR) is 138 cm³/mol. The van der Waals surface area contributed by atoms with Crippen molar-refractivity contribution in [2.24, 2.45) is 5.92 Å². The highest BCUT2D eigenvalue weighted by Crippen LogP contribution is 2.45. The minimum absolute atomic E-state index is 0.0111. The summed E-state index contributed by atoms with van der Waals surface area (Å²) in [6.07, 6.45) is 14.6. The molecule has 1 saturated carbocycles. The molecule has 1 aromatic carbocycles. The molecule has 7 heteroatoms. The van der Waals surface area contributed by atoms with Crippen LogP contribution in [0, 0.1) is 5.92 Å². The molecule has 1 heterocycles. The Hall–Kier alpha value is -2.70. The molecule has 4 rings (SSSR count). The maximum Gasteiger partial charge on any atom is 0.329 e. The molecule has 0 bridgehead atoms. The number of amides is 1. The molecule has 0 N–H and O–H groups in total. The summed E-state index contributed by atoms with van der Waals surface area (Å²) < 4.78 is 22.6. The lowest BCUT2D eigenvalue weighted by molar-refractivity contribution is -0.161. The normalized spacial score (nSPS) is 23.6. The number of allylic oxidation sites excluding steroid dienone is 1. The van der Waals surface area contributed by atoms with E-state index in [0.29, 0.717) is 30.2 Å². The summed E-state index contributed by atoms with van der Waals surface area (Å²) in [5, 5.41) is 0. The molecule has 0 spiro atoms. The Morgan fingerprint density at radius 3 is 2.17 bits per heavy atom. The number of carbonyl (C=O) groups is 2. The highest BCUT2D eigenvalue weighted by Gasteiger charge is 2.41. The Balaban J connectivity index is 1.66. The van der Waals surface area contributed by atoms with Gasteiger partial charge < -0.3 is 23.8 Å². The fraction of sp³-hybridized carbons (Fsp3) is 0.655. The number of ether oxygens (including phenoxy) is 4. The third-order valence-corrected chi connectivity index (χ3v) is 7.97. The first kappa shape index (κ1) is 26.4. The van der Waals surface area contributed by atoms with Crippen LogP contribution < -0.4 is 14.2 Å². The molecule has 2 fully saturated rings. The number of methoxy groups -OCH3 is 3. The molecular weight excluding hydrogens is 458 g/mol. The van der Waals surface area contributed by atoms with Crippen molar-refractivity contribution in [3.05, 3.63) is 29.8 Å². The van der Waals surface area contributed by atoms with Crippen molar-refractivity contribution in [3.63, 3.8) is 0 Å². The van der Waals surface area contributed by atoms with E-state index in [-0.39, 0.29) is 29.8 Å². The van der Waals surface area contributed by atoms with Crippen molar-refractivity contribution in [2.75, 3.05) is 27.9 Å². The molecule has 1 aromatic rings. The van der Waals surface area contributed by atoms with Crippen LogP contribution >= 0.6 is 0 Å². The monoisotopic (exact) mass is 499 g/mol. The molecular formula is C29H41NO6. The number of rotatable bonds is 8. The fourth-order valence-electron chi connectivity index (χ4n) is 6.09. The predicted octanol–water partition coefficient (Wildman–Crippen LogP) is 5.41. The Kier molecular flexibility index (Phi) is 9.16. The van der Waals surface area contributed by atoms with Gasteiger partial charge in [0.05, 0.1) is 27.2 Å². The van der Waals surface area contributed by atoms with E-state index >= 15 is 0 Å². The Morgan fingerprint density at radius 2 is 1.56 bits per heavy atom. The summed E-state index contributed by atoms with van der Waals surface area (Å²) in [7, 11) is 4.76. The van der Waals surface area contributed by atoms with Gasteiger partial charge in [-0.15, -0.1) is 0 Å². The van der Waals surface area contributed by atoms with Gasteiger partial charge in [0.25, 0.3) is 0 Å². The zero-order chi connectivity index (χ0) is 25.5. The molecule has 1 aliphatic heterocycles. The molecule has 7 nitrogen and oxygen atoms in total. The van der Waals surface area contributed by atoms with Gasteiger partial charge >= 0.3 is 5.97 Å². The van der Waals surface area contributed by atoms with Gasteiger partial charge in [0.1, 0.15) is 12.1 Å². The highest BCUT2D eigenvalue weighted by molar-refractivity contribution is 5.89. The Labute approximate surface area is 215 Å². The summed E-state index contributed by atoms with van der Waals surface area (Å²) in [6.45, 7) is 0.576. The molecule has 3 unspecified atom stereocenters. The number of nitrogens with zero attached hydrogens (tertiary/aromatic N) is 1.